The SMILES string of the molecule is CCOc1ccc(C(=O)OCC(=O)c2cc(C)n(Cc3ccco3)c2C)cc1OCC. The van der Waals surface area contributed by atoms with Crippen LogP contribution < -0.4 is 9.47 Å². The molecule has 0 aliphatic rings. The summed E-state index contributed by atoms with van der Waals surface area (Å²) in [5, 5.41) is 0. The number of aryl methyl sites for hydroxylation is 1. The highest BCUT2D eigenvalue weighted by Crippen LogP contribution is 2.29. The topological polar surface area (TPSA) is 79.9 Å². The number of carbonyl (C=O) groups is 2. The molecule has 1 aromatic carbocycles. The number of benzene rings is 1. The summed E-state index contributed by atoms with van der Waals surface area (Å²) in [6, 6.07) is 10.3. The Balaban J connectivity index is 1.68. The Morgan fingerprint density at radius 3 is 2.42 bits per heavy atom. The van der Waals surface area contributed by atoms with Gasteiger partial charge in [-0.1, -0.05) is 0 Å². The number of carbonyl (C=O) groups excluding carboxylic acids is 2. The number of hydrogen-bond donors (Lipinski definition) is 0. The largest absolute Gasteiger partial charge is 0.490 e. The molecule has 31 heavy (non-hydrogen) atoms. The molecular weight excluding hydrogens is 398 g/mol. The van der Waals surface area contributed by atoms with E-state index in [0.717, 1.165) is 17.1 Å². The minimum atomic E-state index is -0.596. The van der Waals surface area contributed by atoms with Crippen molar-refractivity contribution in [3.05, 3.63) is 70.9 Å². The molecule has 0 saturated carbocycles. The van der Waals surface area contributed by atoms with E-state index in [9.17, 15) is 9.59 Å². The van der Waals surface area contributed by atoms with Gasteiger partial charge in [-0.2, -0.15) is 0 Å². The first-order valence-electron chi connectivity index (χ1n) is 10.2. The molecular formula is C24H27NO6. The van der Waals surface area contributed by atoms with Crippen LogP contribution in [0, 0.1) is 13.8 Å². The number of nitrogens with zero attached hydrogens (tertiary/aromatic N) is 1. The van der Waals surface area contributed by atoms with Crippen LogP contribution in [0.2, 0.25) is 0 Å². The predicted octanol–water partition coefficient (Wildman–Crippen LogP) is 4.58. The van der Waals surface area contributed by atoms with Crippen LogP contribution >= 0.6 is 0 Å². The first-order chi connectivity index (χ1) is 14.9. The third-order valence-electron chi connectivity index (χ3n) is 4.88. The van der Waals surface area contributed by atoms with Crippen molar-refractivity contribution in [1.29, 1.82) is 0 Å². The fraction of sp³-hybridized carbons (Fsp3) is 0.333. The Morgan fingerprint density at radius 2 is 1.74 bits per heavy atom. The Morgan fingerprint density at radius 1 is 1.00 bits per heavy atom. The highest BCUT2D eigenvalue weighted by Gasteiger charge is 2.19. The molecule has 0 unspecified atom stereocenters. The first kappa shape index (κ1) is 22.2. The molecule has 2 aromatic heterocycles. The van der Waals surface area contributed by atoms with E-state index in [1.807, 2.05) is 44.4 Å². The van der Waals surface area contributed by atoms with Crippen LogP contribution in [-0.2, 0) is 11.3 Å². The van der Waals surface area contributed by atoms with Gasteiger partial charge in [0.15, 0.2) is 18.1 Å². The third-order valence-corrected chi connectivity index (χ3v) is 4.88. The molecule has 3 aromatic rings. The van der Waals surface area contributed by atoms with Gasteiger partial charge >= 0.3 is 5.97 Å². The summed E-state index contributed by atoms with van der Waals surface area (Å²) in [5.74, 6) is 0.963. The number of hydrogen-bond acceptors (Lipinski definition) is 6. The summed E-state index contributed by atoms with van der Waals surface area (Å²) in [6.45, 7) is 8.61. The first-order valence-corrected chi connectivity index (χ1v) is 10.2. The third kappa shape index (κ3) is 5.17. The number of ketones is 1. The van der Waals surface area contributed by atoms with E-state index in [4.69, 9.17) is 18.6 Å². The number of furan rings is 1. The second kappa shape index (κ2) is 10.0. The molecule has 7 nitrogen and oxygen atoms in total. The van der Waals surface area contributed by atoms with Crippen molar-refractivity contribution < 1.29 is 28.2 Å². The van der Waals surface area contributed by atoms with Gasteiger partial charge < -0.3 is 23.2 Å². The lowest BCUT2D eigenvalue weighted by Crippen LogP contribution is -2.15. The van der Waals surface area contributed by atoms with Gasteiger partial charge in [-0.15, -0.1) is 0 Å². The number of Topliss-reactive ketones (excluding diaryl/α,β-unsaturated/α-hetero) is 1. The zero-order chi connectivity index (χ0) is 22.4. The molecule has 0 amide bonds. The normalized spacial score (nSPS) is 10.7. The second-order valence-electron chi connectivity index (χ2n) is 6.98. The molecule has 0 atom stereocenters. The zero-order valence-electron chi connectivity index (χ0n) is 18.3. The monoisotopic (exact) mass is 425 g/mol. The van der Waals surface area contributed by atoms with Crippen LogP contribution in [0.3, 0.4) is 0 Å². The number of esters is 1. The van der Waals surface area contributed by atoms with E-state index in [1.165, 1.54) is 0 Å². The standard InChI is InChI=1S/C24H27NO6/c1-5-28-22-10-9-18(13-23(22)29-6-2)24(27)31-15-21(26)20-12-16(3)25(17(20)4)14-19-8-7-11-30-19/h7-13H,5-6,14-15H2,1-4H3. The molecule has 3 rings (SSSR count). The number of aromatic nitrogens is 1. The van der Waals surface area contributed by atoms with Crippen molar-refractivity contribution in [2.75, 3.05) is 19.8 Å². The van der Waals surface area contributed by atoms with Gasteiger partial charge in [0.05, 0.1) is 31.6 Å². The Labute approximate surface area is 181 Å². The van der Waals surface area contributed by atoms with Gasteiger partial charge in [0.1, 0.15) is 5.76 Å². The van der Waals surface area contributed by atoms with Gasteiger partial charge in [-0.05, 0) is 64.1 Å². The van der Waals surface area contributed by atoms with E-state index >= 15 is 0 Å². The highest BCUT2D eigenvalue weighted by molar-refractivity contribution is 6.00. The molecule has 7 heteroatoms. The number of rotatable bonds is 10. The van der Waals surface area contributed by atoms with Gasteiger partial charge in [-0.25, -0.2) is 4.79 Å². The lowest BCUT2D eigenvalue weighted by Gasteiger charge is -2.12. The van der Waals surface area contributed by atoms with Gasteiger partial charge in [0, 0.05) is 17.0 Å². The molecule has 0 bridgehead atoms. The van der Waals surface area contributed by atoms with Crippen LogP contribution in [0.1, 0.15) is 51.7 Å². The van der Waals surface area contributed by atoms with Crippen LogP contribution in [0.4, 0.5) is 0 Å². The smallest absolute Gasteiger partial charge is 0.338 e. The molecule has 0 N–H and O–H groups in total. The number of ether oxygens (including phenoxy) is 3. The van der Waals surface area contributed by atoms with Crippen molar-refractivity contribution >= 4 is 11.8 Å². The van der Waals surface area contributed by atoms with Crippen LogP contribution in [0.15, 0.2) is 47.1 Å². The predicted molar refractivity (Wildman–Crippen MR) is 115 cm³/mol. The summed E-state index contributed by atoms with van der Waals surface area (Å²) in [5.41, 5.74) is 2.55. The summed E-state index contributed by atoms with van der Waals surface area (Å²) in [6.07, 6.45) is 1.62. The van der Waals surface area contributed by atoms with E-state index in [0.29, 0.717) is 42.4 Å². The fourth-order valence-corrected chi connectivity index (χ4v) is 3.36. The van der Waals surface area contributed by atoms with Gasteiger partial charge in [0.25, 0.3) is 0 Å². The van der Waals surface area contributed by atoms with Gasteiger partial charge in [-0.3, -0.25) is 4.79 Å². The van der Waals surface area contributed by atoms with Crippen molar-refractivity contribution in [2.24, 2.45) is 0 Å². The lowest BCUT2D eigenvalue weighted by atomic mass is 10.1. The minimum Gasteiger partial charge on any atom is -0.490 e. The molecule has 2 heterocycles. The maximum absolute atomic E-state index is 12.7. The van der Waals surface area contributed by atoms with E-state index in [2.05, 4.69) is 0 Å². The lowest BCUT2D eigenvalue weighted by molar-refractivity contribution is 0.0474. The van der Waals surface area contributed by atoms with E-state index < -0.39 is 5.97 Å². The Bertz CT molecular complexity index is 1050. The quantitative estimate of drug-likeness (QED) is 0.349. The van der Waals surface area contributed by atoms with Gasteiger partial charge in [0.2, 0.25) is 5.78 Å². The highest BCUT2D eigenvalue weighted by atomic mass is 16.5. The maximum atomic E-state index is 12.7. The average Bonchev–Trinajstić information content (AvgIpc) is 3.37. The van der Waals surface area contributed by atoms with Crippen molar-refractivity contribution in [3.63, 3.8) is 0 Å². The van der Waals surface area contributed by atoms with E-state index in [-0.39, 0.29) is 12.4 Å². The molecule has 0 spiro atoms. The van der Waals surface area contributed by atoms with Crippen LogP contribution in [0.25, 0.3) is 0 Å². The molecule has 0 radical (unpaired) electrons. The Kier molecular flexibility index (Phi) is 7.18. The maximum Gasteiger partial charge on any atom is 0.338 e. The average molecular weight is 425 g/mol. The summed E-state index contributed by atoms with van der Waals surface area (Å²) < 4.78 is 23.7. The van der Waals surface area contributed by atoms with Crippen LogP contribution in [-0.4, -0.2) is 36.1 Å². The molecule has 164 valence electrons. The summed E-state index contributed by atoms with van der Waals surface area (Å²) >= 11 is 0. The molecule has 0 aliphatic heterocycles. The molecule has 0 saturated heterocycles. The zero-order valence-corrected chi connectivity index (χ0v) is 18.3. The second-order valence-corrected chi connectivity index (χ2v) is 6.98. The summed E-state index contributed by atoms with van der Waals surface area (Å²) in [4.78, 5) is 25.2. The fourth-order valence-electron chi connectivity index (χ4n) is 3.36. The Hall–Kier alpha value is -3.48. The summed E-state index contributed by atoms with van der Waals surface area (Å²) in [7, 11) is 0. The van der Waals surface area contributed by atoms with E-state index in [1.54, 1.807) is 30.5 Å². The minimum absolute atomic E-state index is 0.261. The molecule has 0 fully saturated rings. The van der Waals surface area contributed by atoms with Crippen molar-refractivity contribution in [2.45, 2.75) is 34.2 Å². The van der Waals surface area contributed by atoms with Crippen LogP contribution in [0.5, 0.6) is 11.5 Å². The molecule has 0 aliphatic carbocycles. The van der Waals surface area contributed by atoms with Crippen molar-refractivity contribution in [3.8, 4) is 11.5 Å². The van der Waals surface area contributed by atoms with Crippen molar-refractivity contribution in [1.82, 2.24) is 4.57 Å².